The summed E-state index contributed by atoms with van der Waals surface area (Å²) in [5.74, 6) is 1.02. The molecule has 98 valence electrons. The van der Waals surface area contributed by atoms with Crippen molar-refractivity contribution in [2.45, 2.75) is 24.5 Å². The van der Waals surface area contributed by atoms with Crippen molar-refractivity contribution in [2.24, 2.45) is 0 Å². The first-order chi connectivity index (χ1) is 9.06. The van der Waals surface area contributed by atoms with E-state index in [9.17, 15) is 4.79 Å². The van der Waals surface area contributed by atoms with Gasteiger partial charge in [-0.1, -0.05) is 35.9 Å². The fourth-order valence-corrected chi connectivity index (χ4v) is 3.38. The van der Waals surface area contributed by atoms with Crippen molar-refractivity contribution in [1.82, 2.24) is 0 Å². The van der Waals surface area contributed by atoms with Crippen LogP contribution in [0.3, 0.4) is 0 Å². The van der Waals surface area contributed by atoms with Gasteiger partial charge >= 0.3 is 0 Å². The number of carbonyl (C=O) groups is 1. The molecule has 0 aromatic heterocycles. The predicted octanol–water partition coefficient (Wildman–Crippen LogP) is 5.25. The zero-order valence-electron chi connectivity index (χ0n) is 10.9. The molecule has 0 atom stereocenters. The van der Waals surface area contributed by atoms with Crippen LogP contribution in [0.1, 0.15) is 28.4 Å². The van der Waals surface area contributed by atoms with Crippen molar-refractivity contribution in [2.75, 3.05) is 0 Å². The van der Waals surface area contributed by atoms with Crippen molar-refractivity contribution < 1.29 is 4.79 Å². The van der Waals surface area contributed by atoms with E-state index >= 15 is 0 Å². The number of hydrogen-bond acceptors (Lipinski definition) is 2. The van der Waals surface area contributed by atoms with Gasteiger partial charge < -0.3 is 0 Å². The summed E-state index contributed by atoms with van der Waals surface area (Å²) in [6.07, 6.45) is 0. The highest BCUT2D eigenvalue weighted by Gasteiger charge is 2.05. The molecule has 19 heavy (non-hydrogen) atoms. The van der Waals surface area contributed by atoms with E-state index in [1.165, 1.54) is 11.1 Å². The Balaban J connectivity index is 2.10. The summed E-state index contributed by atoms with van der Waals surface area (Å²) in [6.45, 7) is 3.69. The van der Waals surface area contributed by atoms with E-state index in [1.807, 2.05) is 18.2 Å². The van der Waals surface area contributed by atoms with Gasteiger partial charge in [-0.25, -0.2) is 0 Å². The second-order valence-corrected chi connectivity index (χ2v) is 6.35. The lowest BCUT2D eigenvalue weighted by Crippen LogP contribution is -1.92. The lowest BCUT2D eigenvalue weighted by molar-refractivity contribution is 0.101. The zero-order valence-corrected chi connectivity index (χ0v) is 13.3. The molecule has 0 aliphatic rings. The summed E-state index contributed by atoms with van der Waals surface area (Å²) >= 11 is 5.30. The van der Waals surface area contributed by atoms with Crippen LogP contribution in [-0.4, -0.2) is 5.78 Å². The van der Waals surface area contributed by atoms with E-state index in [-0.39, 0.29) is 5.78 Å². The maximum atomic E-state index is 11.3. The van der Waals surface area contributed by atoms with Crippen molar-refractivity contribution >= 4 is 33.5 Å². The minimum atomic E-state index is 0.0935. The molecule has 0 bridgehead atoms. The van der Waals surface area contributed by atoms with Gasteiger partial charge in [-0.3, -0.25) is 4.79 Å². The maximum Gasteiger partial charge on any atom is 0.159 e. The van der Waals surface area contributed by atoms with Gasteiger partial charge in [0, 0.05) is 20.7 Å². The third kappa shape index (κ3) is 3.95. The fraction of sp³-hybridized carbons (Fsp3) is 0.188. The molecule has 2 aromatic rings. The first-order valence-corrected chi connectivity index (χ1v) is 7.83. The fourth-order valence-electron chi connectivity index (χ4n) is 1.80. The topological polar surface area (TPSA) is 17.1 Å². The van der Waals surface area contributed by atoms with Crippen molar-refractivity contribution in [3.05, 3.63) is 63.6 Å². The van der Waals surface area contributed by atoms with Crippen LogP contribution in [-0.2, 0) is 5.75 Å². The molecule has 1 nitrogen and oxygen atoms in total. The van der Waals surface area contributed by atoms with Crippen LogP contribution in [0.25, 0.3) is 0 Å². The van der Waals surface area contributed by atoms with E-state index in [0.29, 0.717) is 0 Å². The third-order valence-electron chi connectivity index (χ3n) is 2.82. The standard InChI is InChI=1S/C16H15BrOS/c1-11-4-3-5-13(8-11)10-19-16-7-6-14(12(2)18)9-15(16)17/h3-9H,10H2,1-2H3. The normalized spacial score (nSPS) is 10.5. The van der Waals surface area contributed by atoms with Gasteiger partial charge in [0.1, 0.15) is 0 Å². The molecular weight excluding hydrogens is 320 g/mol. The van der Waals surface area contributed by atoms with Crippen LogP contribution in [0.5, 0.6) is 0 Å². The average molecular weight is 335 g/mol. The summed E-state index contributed by atoms with van der Waals surface area (Å²) in [5, 5.41) is 0. The molecule has 3 heteroatoms. The summed E-state index contributed by atoms with van der Waals surface area (Å²) in [4.78, 5) is 12.5. The lowest BCUT2D eigenvalue weighted by Gasteiger charge is -2.06. The van der Waals surface area contributed by atoms with E-state index in [2.05, 4.69) is 47.1 Å². The number of thioether (sulfide) groups is 1. The summed E-state index contributed by atoms with van der Waals surface area (Å²) in [6, 6.07) is 14.3. The Kier molecular flexibility index (Phi) is 4.83. The third-order valence-corrected chi connectivity index (χ3v) is 4.88. The summed E-state index contributed by atoms with van der Waals surface area (Å²) in [5.41, 5.74) is 3.34. The molecule has 0 radical (unpaired) electrons. The monoisotopic (exact) mass is 334 g/mol. The molecule has 0 unspecified atom stereocenters. The number of ketones is 1. The Hall–Kier alpha value is -1.06. The van der Waals surface area contributed by atoms with Crippen LogP contribution >= 0.6 is 27.7 Å². The Labute approximate surface area is 126 Å². The number of benzene rings is 2. The first kappa shape index (κ1) is 14.4. The number of carbonyl (C=O) groups excluding carboxylic acids is 1. The predicted molar refractivity (Wildman–Crippen MR) is 84.9 cm³/mol. The van der Waals surface area contributed by atoms with Crippen LogP contribution in [0.2, 0.25) is 0 Å². The zero-order chi connectivity index (χ0) is 13.8. The van der Waals surface area contributed by atoms with Gasteiger partial charge in [0.2, 0.25) is 0 Å². The van der Waals surface area contributed by atoms with E-state index in [1.54, 1.807) is 18.7 Å². The van der Waals surface area contributed by atoms with E-state index < -0.39 is 0 Å². The molecule has 2 aromatic carbocycles. The van der Waals surface area contributed by atoms with Gasteiger partial charge in [-0.2, -0.15) is 0 Å². The van der Waals surface area contributed by atoms with Crippen molar-refractivity contribution in [3.63, 3.8) is 0 Å². The van der Waals surface area contributed by atoms with E-state index in [4.69, 9.17) is 0 Å². The number of Topliss-reactive ketones (excluding diaryl/α,β-unsaturated/α-hetero) is 1. The second kappa shape index (κ2) is 6.40. The van der Waals surface area contributed by atoms with Gasteiger partial charge in [-0.05, 0) is 47.5 Å². The van der Waals surface area contributed by atoms with Crippen molar-refractivity contribution in [3.8, 4) is 0 Å². The highest BCUT2D eigenvalue weighted by atomic mass is 79.9. The largest absolute Gasteiger partial charge is 0.295 e. The summed E-state index contributed by atoms with van der Waals surface area (Å²) in [7, 11) is 0. The van der Waals surface area contributed by atoms with Gasteiger partial charge in [-0.15, -0.1) is 11.8 Å². The molecule has 0 spiro atoms. The van der Waals surface area contributed by atoms with Gasteiger partial charge in [0.25, 0.3) is 0 Å². The number of hydrogen-bond donors (Lipinski definition) is 0. The smallest absolute Gasteiger partial charge is 0.159 e. The molecule has 2 rings (SSSR count). The summed E-state index contributed by atoms with van der Waals surface area (Å²) < 4.78 is 0.984. The van der Waals surface area contributed by atoms with Crippen molar-refractivity contribution in [1.29, 1.82) is 0 Å². The van der Waals surface area contributed by atoms with Gasteiger partial charge in [0.05, 0.1) is 0 Å². The minimum Gasteiger partial charge on any atom is -0.295 e. The molecule has 0 aliphatic heterocycles. The van der Waals surface area contributed by atoms with Crippen LogP contribution < -0.4 is 0 Å². The molecule has 0 N–H and O–H groups in total. The number of halogens is 1. The van der Waals surface area contributed by atoms with Crippen LogP contribution in [0, 0.1) is 6.92 Å². The number of aryl methyl sites for hydroxylation is 1. The molecule has 0 saturated carbocycles. The Morgan fingerprint density at radius 1 is 1.21 bits per heavy atom. The Morgan fingerprint density at radius 2 is 2.00 bits per heavy atom. The Morgan fingerprint density at radius 3 is 2.63 bits per heavy atom. The lowest BCUT2D eigenvalue weighted by atomic mass is 10.2. The SMILES string of the molecule is CC(=O)c1ccc(SCc2cccc(C)c2)c(Br)c1. The highest BCUT2D eigenvalue weighted by molar-refractivity contribution is 9.10. The average Bonchev–Trinajstić information content (AvgIpc) is 2.37. The van der Waals surface area contributed by atoms with Crippen LogP contribution in [0.4, 0.5) is 0 Å². The highest BCUT2D eigenvalue weighted by Crippen LogP contribution is 2.31. The molecular formula is C16H15BrOS. The molecule has 0 saturated heterocycles. The second-order valence-electron chi connectivity index (χ2n) is 4.48. The van der Waals surface area contributed by atoms with E-state index in [0.717, 1.165) is 20.7 Å². The number of rotatable bonds is 4. The Bertz CT molecular complexity index is 607. The first-order valence-electron chi connectivity index (χ1n) is 6.05. The molecule has 0 fully saturated rings. The molecule has 0 amide bonds. The molecule has 0 heterocycles. The quantitative estimate of drug-likeness (QED) is 0.560. The maximum absolute atomic E-state index is 11.3. The molecule has 0 aliphatic carbocycles. The van der Waals surface area contributed by atoms with Gasteiger partial charge in [0.15, 0.2) is 5.78 Å². The van der Waals surface area contributed by atoms with Crippen LogP contribution in [0.15, 0.2) is 51.8 Å². The minimum absolute atomic E-state index is 0.0935.